The van der Waals surface area contributed by atoms with Crippen LogP contribution in [0.5, 0.6) is 5.75 Å². The van der Waals surface area contributed by atoms with Crippen LogP contribution in [0.15, 0.2) is 29.4 Å². The fraction of sp³-hybridized carbons (Fsp3) is 0.550. The fourth-order valence-electron chi connectivity index (χ4n) is 2.53. The molecule has 0 bridgehead atoms. The molecule has 2 rings (SSSR count). The van der Waals surface area contributed by atoms with E-state index in [2.05, 4.69) is 27.0 Å². The Kier molecular flexibility index (Phi) is 7.30. The van der Waals surface area contributed by atoms with E-state index in [1.54, 1.807) is 7.11 Å². The second-order valence-corrected chi connectivity index (χ2v) is 8.85. The maximum Gasteiger partial charge on any atom is 0.233 e. The van der Waals surface area contributed by atoms with Gasteiger partial charge in [0.15, 0.2) is 11.0 Å². The van der Waals surface area contributed by atoms with E-state index in [9.17, 15) is 4.79 Å². The Bertz CT molecular complexity index is 750. The van der Waals surface area contributed by atoms with Crippen molar-refractivity contribution in [3.05, 3.63) is 24.3 Å². The number of ether oxygens (including phenoxy) is 1. The fourth-order valence-corrected chi connectivity index (χ4v) is 3.41. The Morgan fingerprint density at radius 2 is 1.93 bits per heavy atom. The summed E-state index contributed by atoms with van der Waals surface area (Å²) in [6, 6.07) is 7.80. The number of aromatic nitrogens is 3. The number of rotatable bonds is 8. The minimum atomic E-state index is -0.254. The van der Waals surface area contributed by atoms with Crippen molar-refractivity contribution in [2.75, 3.05) is 7.11 Å². The van der Waals surface area contributed by atoms with Gasteiger partial charge in [0, 0.05) is 17.6 Å². The number of amides is 1. The van der Waals surface area contributed by atoms with Gasteiger partial charge in [-0.3, -0.25) is 4.79 Å². The number of carbonyl (C=O) groups excluding carboxylic acids is 1. The number of unbranched alkanes of at least 4 members (excludes halogenated alkanes) is 1. The maximum atomic E-state index is 12.4. The average molecular weight is 391 g/mol. The molecule has 2 aromatic rings. The molecule has 0 aliphatic carbocycles. The van der Waals surface area contributed by atoms with Gasteiger partial charge < -0.3 is 14.6 Å². The highest BCUT2D eigenvalue weighted by Crippen LogP contribution is 2.28. The molecular formula is C20H30N4O2S. The van der Waals surface area contributed by atoms with E-state index >= 15 is 0 Å². The normalized spacial score (nSPS) is 12.7. The summed E-state index contributed by atoms with van der Waals surface area (Å²) >= 11 is 1.45. The first-order valence-corrected chi connectivity index (χ1v) is 10.2. The summed E-state index contributed by atoms with van der Waals surface area (Å²) < 4.78 is 7.34. The predicted molar refractivity (Wildman–Crippen MR) is 110 cm³/mol. The van der Waals surface area contributed by atoms with Crippen molar-refractivity contribution < 1.29 is 9.53 Å². The summed E-state index contributed by atoms with van der Waals surface area (Å²) in [6.07, 6.45) is 2.10. The van der Waals surface area contributed by atoms with Crippen LogP contribution in [0.2, 0.25) is 0 Å². The van der Waals surface area contributed by atoms with E-state index in [1.165, 1.54) is 11.8 Å². The van der Waals surface area contributed by atoms with Crippen molar-refractivity contribution in [1.29, 1.82) is 0 Å². The highest BCUT2D eigenvalue weighted by Gasteiger charge is 2.23. The SMILES string of the molecule is CCCCn1c(SC(C)C(=O)NC(C)(C)C)nnc1-c1ccc(OC)cc1. The van der Waals surface area contributed by atoms with Crippen molar-refractivity contribution in [1.82, 2.24) is 20.1 Å². The molecule has 0 aliphatic rings. The number of hydrogen-bond acceptors (Lipinski definition) is 5. The van der Waals surface area contributed by atoms with Gasteiger partial charge in [0.25, 0.3) is 0 Å². The van der Waals surface area contributed by atoms with Crippen LogP contribution in [0.1, 0.15) is 47.5 Å². The Hall–Kier alpha value is -2.02. The Balaban J connectivity index is 2.25. The molecule has 1 atom stereocenters. The molecule has 0 saturated carbocycles. The van der Waals surface area contributed by atoms with E-state index < -0.39 is 0 Å². The molecule has 1 heterocycles. The van der Waals surface area contributed by atoms with Crippen LogP contribution in [0.4, 0.5) is 0 Å². The molecule has 1 unspecified atom stereocenters. The zero-order valence-electron chi connectivity index (χ0n) is 17.1. The van der Waals surface area contributed by atoms with Crippen LogP contribution in [0.25, 0.3) is 11.4 Å². The summed E-state index contributed by atoms with van der Waals surface area (Å²) in [5.41, 5.74) is 0.730. The van der Waals surface area contributed by atoms with Crippen molar-refractivity contribution in [2.24, 2.45) is 0 Å². The summed E-state index contributed by atoms with van der Waals surface area (Å²) in [6.45, 7) is 10.8. The first-order valence-electron chi connectivity index (χ1n) is 9.31. The summed E-state index contributed by atoms with van der Waals surface area (Å²) in [7, 11) is 1.65. The van der Waals surface area contributed by atoms with Crippen molar-refractivity contribution in [2.45, 2.75) is 70.0 Å². The maximum absolute atomic E-state index is 12.4. The van der Waals surface area contributed by atoms with Gasteiger partial charge in [-0.2, -0.15) is 0 Å². The monoisotopic (exact) mass is 390 g/mol. The second kappa shape index (κ2) is 9.26. The number of hydrogen-bond donors (Lipinski definition) is 1. The molecular weight excluding hydrogens is 360 g/mol. The molecule has 1 aromatic heterocycles. The van der Waals surface area contributed by atoms with Crippen molar-refractivity contribution in [3.63, 3.8) is 0 Å². The third kappa shape index (κ3) is 5.99. The van der Waals surface area contributed by atoms with Crippen molar-refractivity contribution >= 4 is 17.7 Å². The molecule has 0 fully saturated rings. The quantitative estimate of drug-likeness (QED) is 0.686. The van der Waals surface area contributed by atoms with Gasteiger partial charge in [-0.25, -0.2) is 0 Å². The Morgan fingerprint density at radius 1 is 1.26 bits per heavy atom. The average Bonchev–Trinajstić information content (AvgIpc) is 3.01. The molecule has 0 aliphatic heterocycles. The largest absolute Gasteiger partial charge is 0.497 e. The van der Waals surface area contributed by atoms with Crippen LogP contribution in [0, 0.1) is 0 Å². The summed E-state index contributed by atoms with van der Waals surface area (Å²) in [4.78, 5) is 12.4. The Morgan fingerprint density at radius 3 is 2.48 bits per heavy atom. The van der Waals surface area contributed by atoms with E-state index in [0.29, 0.717) is 0 Å². The third-order valence-corrected chi connectivity index (χ3v) is 5.03. The van der Waals surface area contributed by atoms with E-state index in [1.807, 2.05) is 52.0 Å². The van der Waals surface area contributed by atoms with E-state index in [0.717, 1.165) is 41.7 Å². The molecule has 1 amide bonds. The minimum Gasteiger partial charge on any atom is -0.497 e. The number of benzene rings is 1. The molecule has 6 nitrogen and oxygen atoms in total. The zero-order valence-corrected chi connectivity index (χ0v) is 17.9. The predicted octanol–water partition coefficient (Wildman–Crippen LogP) is 4.15. The van der Waals surface area contributed by atoms with Gasteiger partial charge in [-0.05, 0) is 58.4 Å². The number of methoxy groups -OCH3 is 1. The highest BCUT2D eigenvalue weighted by molar-refractivity contribution is 8.00. The first kappa shape index (κ1) is 21.3. The van der Waals surface area contributed by atoms with Crippen LogP contribution in [-0.4, -0.2) is 38.6 Å². The van der Waals surface area contributed by atoms with Gasteiger partial charge >= 0.3 is 0 Å². The summed E-state index contributed by atoms with van der Waals surface area (Å²) in [5.74, 6) is 1.63. The lowest BCUT2D eigenvalue weighted by Crippen LogP contribution is -2.44. The second-order valence-electron chi connectivity index (χ2n) is 7.54. The number of thioether (sulfide) groups is 1. The minimum absolute atomic E-state index is 0.00328. The molecule has 7 heteroatoms. The number of carbonyl (C=O) groups is 1. The van der Waals surface area contributed by atoms with Crippen LogP contribution >= 0.6 is 11.8 Å². The zero-order chi connectivity index (χ0) is 20.0. The number of nitrogens with zero attached hydrogens (tertiary/aromatic N) is 3. The van der Waals surface area contributed by atoms with Gasteiger partial charge in [0.1, 0.15) is 5.75 Å². The van der Waals surface area contributed by atoms with E-state index in [-0.39, 0.29) is 16.7 Å². The third-order valence-electron chi connectivity index (χ3n) is 3.95. The van der Waals surface area contributed by atoms with Gasteiger partial charge in [-0.1, -0.05) is 25.1 Å². The molecule has 1 aromatic carbocycles. The molecule has 148 valence electrons. The Labute approximate surface area is 166 Å². The summed E-state index contributed by atoms with van der Waals surface area (Å²) in [5, 5.41) is 12.3. The topological polar surface area (TPSA) is 69.0 Å². The lowest BCUT2D eigenvalue weighted by molar-refractivity contribution is -0.121. The van der Waals surface area contributed by atoms with Gasteiger partial charge in [0.2, 0.25) is 5.91 Å². The molecule has 0 radical (unpaired) electrons. The van der Waals surface area contributed by atoms with Crippen molar-refractivity contribution in [3.8, 4) is 17.1 Å². The highest BCUT2D eigenvalue weighted by atomic mass is 32.2. The van der Waals surface area contributed by atoms with Crippen LogP contribution in [0.3, 0.4) is 0 Å². The van der Waals surface area contributed by atoms with Gasteiger partial charge in [0.05, 0.1) is 12.4 Å². The standard InChI is InChI=1S/C20H30N4O2S/c1-7-8-13-24-17(15-9-11-16(26-6)12-10-15)22-23-19(24)27-14(2)18(25)21-20(3,4)5/h9-12,14H,7-8,13H2,1-6H3,(H,21,25). The lowest BCUT2D eigenvalue weighted by Gasteiger charge is -2.23. The van der Waals surface area contributed by atoms with E-state index in [4.69, 9.17) is 4.74 Å². The van der Waals surface area contributed by atoms with Crippen LogP contribution in [-0.2, 0) is 11.3 Å². The molecule has 27 heavy (non-hydrogen) atoms. The molecule has 1 N–H and O–H groups in total. The molecule has 0 saturated heterocycles. The number of nitrogens with one attached hydrogen (secondary N) is 1. The molecule has 0 spiro atoms. The van der Waals surface area contributed by atoms with Gasteiger partial charge in [-0.15, -0.1) is 10.2 Å². The first-order chi connectivity index (χ1) is 12.7. The lowest BCUT2D eigenvalue weighted by atomic mass is 10.1. The van der Waals surface area contributed by atoms with Crippen LogP contribution < -0.4 is 10.1 Å². The smallest absolute Gasteiger partial charge is 0.233 e.